The molecule has 5 heteroatoms. The van der Waals surface area contributed by atoms with E-state index in [0.717, 1.165) is 22.2 Å². The Labute approximate surface area is 158 Å². The molecule has 0 aliphatic carbocycles. The number of ether oxygens (including phenoxy) is 2. The lowest BCUT2D eigenvalue weighted by Gasteiger charge is -2.36. The van der Waals surface area contributed by atoms with Crippen LogP contribution in [0, 0.1) is 0 Å². The van der Waals surface area contributed by atoms with Crippen molar-refractivity contribution in [2.24, 2.45) is 0 Å². The molecule has 2 heterocycles. The Morgan fingerprint density at radius 1 is 1.07 bits per heavy atom. The fourth-order valence-corrected chi connectivity index (χ4v) is 3.79. The Kier molecular flexibility index (Phi) is 4.77. The number of hydrogen-bond acceptors (Lipinski definition) is 4. The quantitative estimate of drug-likeness (QED) is 0.764. The lowest BCUT2D eigenvalue weighted by atomic mass is 9.73. The second kappa shape index (κ2) is 7.37. The highest BCUT2D eigenvalue weighted by atomic mass is 16.5. The zero-order chi connectivity index (χ0) is 18.7. The van der Waals surface area contributed by atoms with Gasteiger partial charge in [-0.25, -0.2) is 0 Å². The maximum absolute atomic E-state index is 13.5. The molecule has 27 heavy (non-hydrogen) atoms. The number of carbonyl (C=O) groups is 1. The topological polar surface area (TPSA) is 60.5 Å². The molecule has 0 spiro atoms. The summed E-state index contributed by atoms with van der Waals surface area (Å²) in [5, 5.41) is 4.02. The first kappa shape index (κ1) is 17.5. The van der Waals surface area contributed by atoms with E-state index in [9.17, 15) is 4.79 Å². The maximum Gasteiger partial charge on any atom is 0.235 e. The molecule has 4 rings (SSSR count). The average molecular weight is 362 g/mol. The van der Waals surface area contributed by atoms with E-state index in [2.05, 4.69) is 10.3 Å². The number of rotatable bonds is 4. The van der Waals surface area contributed by atoms with Gasteiger partial charge in [-0.15, -0.1) is 0 Å². The predicted octanol–water partition coefficient (Wildman–Crippen LogP) is 3.93. The Balaban J connectivity index is 1.73. The molecule has 5 nitrogen and oxygen atoms in total. The highest BCUT2D eigenvalue weighted by Gasteiger charge is 2.41. The summed E-state index contributed by atoms with van der Waals surface area (Å²) in [4.78, 5) is 17.9. The van der Waals surface area contributed by atoms with Crippen LogP contribution in [-0.4, -0.2) is 31.2 Å². The molecule has 3 aromatic rings. The molecule has 1 N–H and O–H groups in total. The third-order valence-corrected chi connectivity index (χ3v) is 5.31. The third kappa shape index (κ3) is 3.15. The van der Waals surface area contributed by atoms with Gasteiger partial charge in [0.25, 0.3) is 0 Å². The summed E-state index contributed by atoms with van der Waals surface area (Å²) in [7, 11) is 1.62. The van der Waals surface area contributed by atoms with Gasteiger partial charge in [0.05, 0.1) is 18.2 Å². The molecule has 0 radical (unpaired) electrons. The van der Waals surface area contributed by atoms with Crippen LogP contribution in [0.1, 0.15) is 18.4 Å². The smallest absolute Gasteiger partial charge is 0.235 e. The van der Waals surface area contributed by atoms with E-state index in [1.807, 2.05) is 54.6 Å². The van der Waals surface area contributed by atoms with Gasteiger partial charge in [-0.2, -0.15) is 0 Å². The van der Waals surface area contributed by atoms with Crippen LogP contribution < -0.4 is 10.1 Å². The molecule has 1 aliphatic rings. The maximum atomic E-state index is 13.5. The molecule has 1 fully saturated rings. The van der Waals surface area contributed by atoms with Crippen molar-refractivity contribution >= 4 is 22.5 Å². The fourth-order valence-electron chi connectivity index (χ4n) is 3.79. The minimum atomic E-state index is -0.589. The molecule has 0 saturated carbocycles. The monoisotopic (exact) mass is 362 g/mol. The summed E-state index contributed by atoms with van der Waals surface area (Å²) in [5.74, 6) is 0.680. The zero-order valence-electron chi connectivity index (χ0n) is 15.3. The van der Waals surface area contributed by atoms with E-state index in [0.29, 0.717) is 31.8 Å². The molecule has 2 aromatic carbocycles. The van der Waals surface area contributed by atoms with Gasteiger partial charge in [-0.3, -0.25) is 9.78 Å². The number of carbonyl (C=O) groups excluding carboxylic acids is 1. The number of nitrogens with zero attached hydrogens (tertiary/aromatic N) is 1. The van der Waals surface area contributed by atoms with Gasteiger partial charge in [-0.1, -0.05) is 30.3 Å². The van der Waals surface area contributed by atoms with Gasteiger partial charge in [0, 0.05) is 24.8 Å². The van der Waals surface area contributed by atoms with Crippen molar-refractivity contribution in [1.82, 2.24) is 4.98 Å². The number of fused-ring (bicyclic) bond motifs is 1. The van der Waals surface area contributed by atoms with Crippen LogP contribution in [0.2, 0.25) is 0 Å². The number of amides is 1. The molecule has 138 valence electrons. The number of benzene rings is 2. The normalized spacial score (nSPS) is 16.0. The second-order valence-corrected chi connectivity index (χ2v) is 6.73. The first-order valence-corrected chi connectivity index (χ1v) is 9.11. The van der Waals surface area contributed by atoms with Gasteiger partial charge in [0.2, 0.25) is 5.91 Å². The van der Waals surface area contributed by atoms with Gasteiger partial charge in [0.15, 0.2) is 0 Å². The number of pyridine rings is 1. The summed E-state index contributed by atoms with van der Waals surface area (Å²) in [6.07, 6.45) is 3.05. The SMILES string of the molecule is COc1ccc(NC(=O)C2(c3ccccc3)CCOCC2)c2cccnc12. The van der Waals surface area contributed by atoms with Crippen LogP contribution in [0.15, 0.2) is 60.8 Å². The lowest BCUT2D eigenvalue weighted by molar-refractivity contribution is -0.125. The van der Waals surface area contributed by atoms with Crippen LogP contribution in [0.5, 0.6) is 5.75 Å². The Morgan fingerprint density at radius 2 is 1.85 bits per heavy atom. The summed E-state index contributed by atoms with van der Waals surface area (Å²) in [6, 6.07) is 17.5. The van der Waals surface area contributed by atoms with E-state index in [4.69, 9.17) is 9.47 Å². The molecule has 0 bridgehead atoms. The summed E-state index contributed by atoms with van der Waals surface area (Å²) in [6.45, 7) is 1.15. The van der Waals surface area contributed by atoms with Crippen LogP contribution in [0.4, 0.5) is 5.69 Å². The predicted molar refractivity (Wildman–Crippen MR) is 105 cm³/mol. The largest absolute Gasteiger partial charge is 0.494 e. The number of methoxy groups -OCH3 is 1. The van der Waals surface area contributed by atoms with Gasteiger partial charge < -0.3 is 14.8 Å². The van der Waals surface area contributed by atoms with Crippen LogP contribution >= 0.6 is 0 Å². The van der Waals surface area contributed by atoms with Crippen LogP contribution in [0.3, 0.4) is 0 Å². The van der Waals surface area contributed by atoms with Crippen molar-refractivity contribution in [3.8, 4) is 5.75 Å². The third-order valence-electron chi connectivity index (χ3n) is 5.31. The Morgan fingerprint density at radius 3 is 2.59 bits per heavy atom. The molecule has 0 unspecified atom stereocenters. The van der Waals surface area contributed by atoms with Crippen molar-refractivity contribution in [1.29, 1.82) is 0 Å². The fraction of sp³-hybridized carbons (Fsp3) is 0.273. The molecular weight excluding hydrogens is 340 g/mol. The molecule has 1 aromatic heterocycles. The highest BCUT2D eigenvalue weighted by molar-refractivity contribution is 6.06. The number of hydrogen-bond donors (Lipinski definition) is 1. The lowest BCUT2D eigenvalue weighted by Crippen LogP contribution is -2.44. The van der Waals surface area contributed by atoms with E-state index in [1.54, 1.807) is 13.3 Å². The molecule has 1 amide bonds. The summed E-state index contributed by atoms with van der Waals surface area (Å²) < 4.78 is 10.9. The van der Waals surface area contributed by atoms with E-state index < -0.39 is 5.41 Å². The van der Waals surface area contributed by atoms with Crippen LogP contribution in [-0.2, 0) is 14.9 Å². The van der Waals surface area contributed by atoms with Gasteiger partial charge >= 0.3 is 0 Å². The van der Waals surface area contributed by atoms with Gasteiger partial charge in [0.1, 0.15) is 11.3 Å². The van der Waals surface area contributed by atoms with Crippen molar-refractivity contribution in [3.63, 3.8) is 0 Å². The number of nitrogens with one attached hydrogen (secondary N) is 1. The second-order valence-electron chi connectivity index (χ2n) is 6.73. The minimum absolute atomic E-state index is 0.00711. The number of aromatic nitrogens is 1. The van der Waals surface area contributed by atoms with E-state index in [1.165, 1.54) is 0 Å². The molecule has 1 aliphatic heterocycles. The highest BCUT2D eigenvalue weighted by Crippen LogP contribution is 2.37. The standard InChI is InChI=1S/C22H22N2O3/c1-26-19-10-9-18(17-8-5-13-23-20(17)19)24-21(25)22(11-14-27-15-12-22)16-6-3-2-4-7-16/h2-10,13H,11-12,14-15H2,1H3,(H,24,25). The molecule has 1 saturated heterocycles. The minimum Gasteiger partial charge on any atom is -0.494 e. The molecular formula is C22H22N2O3. The Hall–Kier alpha value is -2.92. The van der Waals surface area contributed by atoms with Crippen molar-refractivity contribution in [2.45, 2.75) is 18.3 Å². The van der Waals surface area contributed by atoms with E-state index in [-0.39, 0.29) is 5.91 Å². The van der Waals surface area contributed by atoms with Crippen molar-refractivity contribution in [2.75, 3.05) is 25.6 Å². The Bertz CT molecular complexity index is 950. The van der Waals surface area contributed by atoms with Gasteiger partial charge in [-0.05, 0) is 42.7 Å². The van der Waals surface area contributed by atoms with Crippen molar-refractivity contribution < 1.29 is 14.3 Å². The number of anilines is 1. The van der Waals surface area contributed by atoms with Crippen LogP contribution in [0.25, 0.3) is 10.9 Å². The van der Waals surface area contributed by atoms with E-state index >= 15 is 0 Å². The summed E-state index contributed by atoms with van der Waals surface area (Å²) in [5.41, 5.74) is 1.92. The first-order chi connectivity index (χ1) is 13.2. The zero-order valence-corrected chi connectivity index (χ0v) is 15.3. The summed E-state index contributed by atoms with van der Waals surface area (Å²) >= 11 is 0. The first-order valence-electron chi connectivity index (χ1n) is 9.11. The molecule has 0 atom stereocenters. The average Bonchev–Trinajstić information content (AvgIpc) is 2.75. The van der Waals surface area contributed by atoms with Crippen molar-refractivity contribution in [3.05, 3.63) is 66.4 Å².